The SMILES string of the molecule is CCOC(=O)CCc1ccccc1[C@@H](C)OC[C@H](O)CN1CCC[C@H]1Cc1ccc(C)cc1. The number of aliphatic hydroxyl groups is 1. The standard InChI is InChI=1S/C28H39NO4/c1-4-32-28(31)16-15-24-8-5-6-10-27(24)22(3)33-20-26(30)19-29-17-7-9-25(29)18-23-13-11-21(2)12-14-23/h5-6,8,10-14,22,25-26,30H,4,7,9,15-20H2,1-3H3/t22-,25+,26-/m1/s1. The number of benzene rings is 2. The highest BCUT2D eigenvalue weighted by Gasteiger charge is 2.26. The van der Waals surface area contributed by atoms with Gasteiger partial charge in [0, 0.05) is 19.0 Å². The number of nitrogens with zero attached hydrogens (tertiary/aromatic N) is 1. The molecule has 0 amide bonds. The molecule has 33 heavy (non-hydrogen) atoms. The summed E-state index contributed by atoms with van der Waals surface area (Å²) >= 11 is 0. The van der Waals surface area contributed by atoms with Gasteiger partial charge < -0.3 is 14.6 Å². The predicted molar refractivity (Wildman–Crippen MR) is 131 cm³/mol. The van der Waals surface area contributed by atoms with Crippen molar-refractivity contribution < 1.29 is 19.4 Å². The summed E-state index contributed by atoms with van der Waals surface area (Å²) in [6.45, 7) is 8.29. The quantitative estimate of drug-likeness (QED) is 0.475. The summed E-state index contributed by atoms with van der Waals surface area (Å²) in [5.41, 5.74) is 4.79. The summed E-state index contributed by atoms with van der Waals surface area (Å²) in [7, 11) is 0. The van der Waals surface area contributed by atoms with Crippen molar-refractivity contribution in [2.24, 2.45) is 0 Å². The van der Waals surface area contributed by atoms with E-state index in [4.69, 9.17) is 9.47 Å². The molecule has 3 atom stereocenters. The number of ether oxygens (including phenoxy) is 2. The molecule has 1 aliphatic heterocycles. The van der Waals surface area contributed by atoms with Crippen molar-refractivity contribution in [3.05, 3.63) is 70.8 Å². The number of carbonyl (C=O) groups excluding carboxylic acids is 1. The van der Waals surface area contributed by atoms with Gasteiger partial charge in [-0.15, -0.1) is 0 Å². The van der Waals surface area contributed by atoms with E-state index in [9.17, 15) is 9.90 Å². The van der Waals surface area contributed by atoms with Crippen LogP contribution in [0.25, 0.3) is 0 Å². The monoisotopic (exact) mass is 453 g/mol. The minimum atomic E-state index is -0.530. The van der Waals surface area contributed by atoms with Gasteiger partial charge >= 0.3 is 5.97 Å². The molecule has 1 aliphatic rings. The lowest BCUT2D eigenvalue weighted by Gasteiger charge is -2.27. The lowest BCUT2D eigenvalue weighted by Crippen LogP contribution is -2.39. The lowest BCUT2D eigenvalue weighted by molar-refractivity contribution is -0.143. The number of rotatable bonds is 12. The summed E-state index contributed by atoms with van der Waals surface area (Å²) in [6, 6.07) is 17.3. The van der Waals surface area contributed by atoms with Crippen molar-refractivity contribution in [1.82, 2.24) is 4.90 Å². The fraction of sp³-hybridized carbons (Fsp3) is 0.536. The third kappa shape index (κ3) is 7.95. The second kappa shape index (κ2) is 12.9. The van der Waals surface area contributed by atoms with Gasteiger partial charge in [0.15, 0.2) is 0 Å². The van der Waals surface area contributed by atoms with E-state index in [0.29, 0.717) is 38.6 Å². The number of likely N-dealkylation sites (tertiary alicyclic amines) is 1. The highest BCUT2D eigenvalue weighted by molar-refractivity contribution is 5.69. The number of hydrogen-bond donors (Lipinski definition) is 1. The van der Waals surface area contributed by atoms with E-state index >= 15 is 0 Å². The molecule has 0 aliphatic carbocycles. The molecule has 1 saturated heterocycles. The van der Waals surface area contributed by atoms with Gasteiger partial charge in [-0.25, -0.2) is 0 Å². The highest BCUT2D eigenvalue weighted by atomic mass is 16.5. The van der Waals surface area contributed by atoms with Crippen LogP contribution in [0.15, 0.2) is 48.5 Å². The fourth-order valence-electron chi connectivity index (χ4n) is 4.66. The van der Waals surface area contributed by atoms with Crippen LogP contribution >= 0.6 is 0 Å². The van der Waals surface area contributed by atoms with Gasteiger partial charge in [-0.1, -0.05) is 54.1 Å². The van der Waals surface area contributed by atoms with Crippen molar-refractivity contribution in [3.63, 3.8) is 0 Å². The van der Waals surface area contributed by atoms with Gasteiger partial charge in [-0.3, -0.25) is 9.69 Å². The number of aryl methyl sites for hydroxylation is 2. The average molecular weight is 454 g/mol. The maximum atomic E-state index is 11.7. The normalized spacial score (nSPS) is 18.2. The molecule has 1 fully saturated rings. The molecular formula is C28H39NO4. The molecule has 0 saturated carbocycles. The molecular weight excluding hydrogens is 414 g/mol. The Balaban J connectivity index is 1.48. The number of β-amino-alcohol motifs (C(OH)–C–C–N with tert-alkyl or cyclic N) is 1. The first-order valence-electron chi connectivity index (χ1n) is 12.3. The van der Waals surface area contributed by atoms with Gasteiger partial charge in [-0.2, -0.15) is 0 Å². The Labute approximate surface area is 198 Å². The van der Waals surface area contributed by atoms with E-state index in [0.717, 1.165) is 24.1 Å². The largest absolute Gasteiger partial charge is 0.466 e. The van der Waals surface area contributed by atoms with Crippen LogP contribution < -0.4 is 0 Å². The molecule has 1 heterocycles. The van der Waals surface area contributed by atoms with Crippen molar-refractivity contribution >= 4 is 5.97 Å². The second-order valence-corrected chi connectivity index (χ2v) is 9.11. The van der Waals surface area contributed by atoms with Gasteiger partial charge in [0.05, 0.1) is 25.4 Å². The Kier molecular flexibility index (Phi) is 9.92. The fourth-order valence-corrected chi connectivity index (χ4v) is 4.66. The van der Waals surface area contributed by atoms with Crippen molar-refractivity contribution in [2.75, 3.05) is 26.3 Å². The molecule has 0 unspecified atom stereocenters. The third-order valence-corrected chi connectivity index (χ3v) is 6.47. The van der Waals surface area contributed by atoms with E-state index in [1.54, 1.807) is 0 Å². The Bertz CT molecular complexity index is 866. The molecule has 180 valence electrons. The van der Waals surface area contributed by atoms with Gasteiger partial charge in [0.2, 0.25) is 0 Å². The zero-order valence-corrected chi connectivity index (χ0v) is 20.3. The minimum absolute atomic E-state index is 0.153. The van der Waals surface area contributed by atoms with Crippen molar-refractivity contribution in [3.8, 4) is 0 Å². The van der Waals surface area contributed by atoms with E-state index in [2.05, 4.69) is 36.1 Å². The third-order valence-electron chi connectivity index (χ3n) is 6.47. The smallest absolute Gasteiger partial charge is 0.306 e. The maximum Gasteiger partial charge on any atom is 0.306 e. The molecule has 0 radical (unpaired) electrons. The van der Waals surface area contributed by atoms with Gasteiger partial charge in [0.25, 0.3) is 0 Å². The first-order chi connectivity index (χ1) is 16.0. The minimum Gasteiger partial charge on any atom is -0.466 e. The summed E-state index contributed by atoms with van der Waals surface area (Å²) in [5, 5.41) is 10.7. The first-order valence-corrected chi connectivity index (χ1v) is 12.3. The van der Waals surface area contributed by atoms with E-state index in [1.165, 1.54) is 24.0 Å². The van der Waals surface area contributed by atoms with Crippen molar-refractivity contribution in [2.45, 2.75) is 71.1 Å². The molecule has 2 aromatic carbocycles. The van der Waals surface area contributed by atoms with Crippen molar-refractivity contribution in [1.29, 1.82) is 0 Å². The van der Waals surface area contributed by atoms with Crippen LogP contribution in [0.2, 0.25) is 0 Å². The van der Waals surface area contributed by atoms with Crippen LogP contribution in [-0.2, 0) is 27.1 Å². The topological polar surface area (TPSA) is 59.0 Å². The number of esters is 1. The lowest BCUT2D eigenvalue weighted by atomic mass is 9.99. The Morgan fingerprint density at radius 1 is 1.18 bits per heavy atom. The Morgan fingerprint density at radius 3 is 2.70 bits per heavy atom. The van der Waals surface area contributed by atoms with Crippen LogP contribution in [0.5, 0.6) is 0 Å². The molecule has 3 rings (SSSR count). The maximum absolute atomic E-state index is 11.7. The zero-order chi connectivity index (χ0) is 23.6. The molecule has 5 nitrogen and oxygen atoms in total. The second-order valence-electron chi connectivity index (χ2n) is 9.11. The number of carbonyl (C=O) groups is 1. The van der Waals surface area contributed by atoms with E-state index in [-0.39, 0.29) is 12.1 Å². The van der Waals surface area contributed by atoms with E-state index in [1.807, 2.05) is 38.1 Å². The van der Waals surface area contributed by atoms with Gasteiger partial charge in [-0.05, 0) is 69.7 Å². The predicted octanol–water partition coefficient (Wildman–Crippen LogP) is 4.64. The van der Waals surface area contributed by atoms with Gasteiger partial charge in [0.1, 0.15) is 0 Å². The Morgan fingerprint density at radius 2 is 1.94 bits per heavy atom. The molecule has 0 aromatic heterocycles. The van der Waals surface area contributed by atoms with Crippen LogP contribution in [0.1, 0.15) is 61.5 Å². The molecule has 1 N–H and O–H groups in total. The number of aliphatic hydroxyl groups excluding tert-OH is 1. The van der Waals surface area contributed by atoms with Crippen LogP contribution in [0.3, 0.4) is 0 Å². The number of hydrogen-bond acceptors (Lipinski definition) is 5. The van der Waals surface area contributed by atoms with Crippen LogP contribution in [0.4, 0.5) is 0 Å². The summed E-state index contributed by atoms with van der Waals surface area (Å²) in [4.78, 5) is 14.2. The zero-order valence-electron chi connectivity index (χ0n) is 20.3. The van der Waals surface area contributed by atoms with Crippen LogP contribution in [0, 0.1) is 6.92 Å². The summed E-state index contributed by atoms with van der Waals surface area (Å²) in [6.07, 6.45) is 3.67. The van der Waals surface area contributed by atoms with Crippen LogP contribution in [-0.4, -0.2) is 54.4 Å². The molecule has 0 bridgehead atoms. The molecule has 5 heteroatoms. The summed E-state index contributed by atoms with van der Waals surface area (Å²) < 4.78 is 11.1. The first kappa shape index (κ1) is 25.4. The van der Waals surface area contributed by atoms with E-state index < -0.39 is 6.10 Å². The highest BCUT2D eigenvalue weighted by Crippen LogP contribution is 2.24. The summed E-state index contributed by atoms with van der Waals surface area (Å²) in [5.74, 6) is -0.179. The molecule has 2 aromatic rings. The Hall–Kier alpha value is -2.21. The average Bonchev–Trinajstić information content (AvgIpc) is 3.24. The molecule has 0 spiro atoms.